The second-order valence-corrected chi connectivity index (χ2v) is 5.59. The van der Waals surface area contributed by atoms with Crippen LogP contribution in [0.25, 0.3) is 0 Å². The first-order chi connectivity index (χ1) is 7.79. The topological polar surface area (TPSA) is 12.0 Å². The smallest absolute Gasteiger partial charge is 0.00719 e. The third-order valence-electron chi connectivity index (χ3n) is 3.46. The molecule has 1 nitrogen and oxygen atoms in total. The fourth-order valence-corrected chi connectivity index (χ4v) is 2.93. The summed E-state index contributed by atoms with van der Waals surface area (Å²) in [7, 11) is 0. The van der Waals surface area contributed by atoms with Crippen molar-refractivity contribution in [3.63, 3.8) is 0 Å². The van der Waals surface area contributed by atoms with Crippen molar-refractivity contribution in [3.8, 4) is 0 Å². The standard InChI is InChI=1S/C14H21NS/c1-11-8-14(16-2)6-5-13(11)9-12-4-3-7-15-10-12/h5-6,8,12,15H,3-4,7,9-10H2,1-2H3. The Morgan fingerprint density at radius 2 is 2.31 bits per heavy atom. The molecule has 1 atom stereocenters. The molecular weight excluding hydrogens is 214 g/mol. The van der Waals surface area contributed by atoms with Gasteiger partial charge >= 0.3 is 0 Å². The van der Waals surface area contributed by atoms with Crippen molar-refractivity contribution < 1.29 is 0 Å². The zero-order chi connectivity index (χ0) is 11.4. The Labute approximate surface area is 103 Å². The predicted octanol–water partition coefficient (Wildman–Crippen LogP) is 3.26. The van der Waals surface area contributed by atoms with Crippen LogP contribution >= 0.6 is 11.8 Å². The summed E-state index contributed by atoms with van der Waals surface area (Å²) in [5, 5.41) is 3.49. The van der Waals surface area contributed by atoms with E-state index < -0.39 is 0 Å². The van der Waals surface area contributed by atoms with Gasteiger partial charge in [0.2, 0.25) is 0 Å². The monoisotopic (exact) mass is 235 g/mol. The lowest BCUT2D eigenvalue weighted by Crippen LogP contribution is -2.30. The van der Waals surface area contributed by atoms with E-state index in [9.17, 15) is 0 Å². The van der Waals surface area contributed by atoms with Crippen LogP contribution in [0.1, 0.15) is 24.0 Å². The molecule has 0 bridgehead atoms. The van der Waals surface area contributed by atoms with Gasteiger partial charge in [-0.15, -0.1) is 11.8 Å². The minimum absolute atomic E-state index is 0.840. The third kappa shape index (κ3) is 3.02. The SMILES string of the molecule is CSc1ccc(CC2CCCNC2)c(C)c1. The number of aryl methyl sites for hydroxylation is 1. The highest BCUT2D eigenvalue weighted by molar-refractivity contribution is 7.98. The molecule has 16 heavy (non-hydrogen) atoms. The van der Waals surface area contributed by atoms with E-state index in [2.05, 4.69) is 36.7 Å². The van der Waals surface area contributed by atoms with Crippen molar-refractivity contribution in [2.24, 2.45) is 5.92 Å². The Morgan fingerprint density at radius 3 is 2.94 bits per heavy atom. The van der Waals surface area contributed by atoms with Crippen molar-refractivity contribution in [3.05, 3.63) is 29.3 Å². The molecule has 2 heteroatoms. The van der Waals surface area contributed by atoms with Gasteiger partial charge in [0, 0.05) is 4.90 Å². The second kappa shape index (κ2) is 5.74. The van der Waals surface area contributed by atoms with E-state index in [0.717, 1.165) is 5.92 Å². The predicted molar refractivity (Wildman–Crippen MR) is 72.3 cm³/mol. The number of piperidine rings is 1. The summed E-state index contributed by atoms with van der Waals surface area (Å²) in [4.78, 5) is 1.38. The van der Waals surface area contributed by atoms with Crippen LogP contribution in [0, 0.1) is 12.8 Å². The van der Waals surface area contributed by atoms with Gasteiger partial charge in [0.05, 0.1) is 0 Å². The summed E-state index contributed by atoms with van der Waals surface area (Å²) in [5.74, 6) is 0.840. The summed E-state index contributed by atoms with van der Waals surface area (Å²) in [6, 6.07) is 6.88. The van der Waals surface area contributed by atoms with Crippen LogP contribution in [0.4, 0.5) is 0 Å². The molecule has 1 fully saturated rings. The lowest BCUT2D eigenvalue weighted by atomic mass is 9.90. The Bertz CT molecular complexity index is 343. The van der Waals surface area contributed by atoms with Crippen LogP contribution < -0.4 is 5.32 Å². The van der Waals surface area contributed by atoms with Crippen LogP contribution in [0.5, 0.6) is 0 Å². The quantitative estimate of drug-likeness (QED) is 0.807. The number of hydrogen-bond donors (Lipinski definition) is 1. The third-order valence-corrected chi connectivity index (χ3v) is 4.18. The lowest BCUT2D eigenvalue weighted by molar-refractivity contribution is 0.375. The molecule has 1 aliphatic heterocycles. The molecule has 0 radical (unpaired) electrons. The van der Waals surface area contributed by atoms with Crippen LogP contribution in [-0.4, -0.2) is 19.3 Å². The first-order valence-corrected chi connectivity index (χ1v) is 7.36. The van der Waals surface area contributed by atoms with Crippen LogP contribution in [0.15, 0.2) is 23.1 Å². The van der Waals surface area contributed by atoms with Gasteiger partial charge < -0.3 is 5.32 Å². The Kier molecular flexibility index (Phi) is 4.30. The Balaban J connectivity index is 2.03. The van der Waals surface area contributed by atoms with Gasteiger partial charge in [-0.25, -0.2) is 0 Å². The van der Waals surface area contributed by atoms with Gasteiger partial charge in [-0.1, -0.05) is 6.07 Å². The van der Waals surface area contributed by atoms with Crippen molar-refractivity contribution >= 4 is 11.8 Å². The molecule has 1 saturated heterocycles. The molecule has 2 rings (SSSR count). The molecule has 88 valence electrons. The molecule has 0 amide bonds. The summed E-state index contributed by atoms with van der Waals surface area (Å²) in [6.45, 7) is 4.65. The number of thioether (sulfide) groups is 1. The van der Waals surface area contributed by atoms with E-state index in [4.69, 9.17) is 0 Å². The first kappa shape index (κ1) is 12.0. The maximum Gasteiger partial charge on any atom is 0.00719 e. The van der Waals surface area contributed by atoms with Crippen LogP contribution in [0.3, 0.4) is 0 Å². The fraction of sp³-hybridized carbons (Fsp3) is 0.571. The summed E-state index contributed by atoms with van der Waals surface area (Å²) in [6.07, 6.45) is 6.11. The largest absolute Gasteiger partial charge is 0.316 e. The number of nitrogens with one attached hydrogen (secondary N) is 1. The molecule has 1 aromatic carbocycles. The van der Waals surface area contributed by atoms with E-state index in [1.807, 2.05) is 11.8 Å². The lowest BCUT2D eigenvalue weighted by Gasteiger charge is -2.23. The van der Waals surface area contributed by atoms with E-state index in [0.29, 0.717) is 0 Å². The van der Waals surface area contributed by atoms with Gasteiger partial charge in [0.25, 0.3) is 0 Å². The Hall–Kier alpha value is -0.470. The van der Waals surface area contributed by atoms with Gasteiger partial charge in [0.15, 0.2) is 0 Å². The van der Waals surface area contributed by atoms with Crippen LogP contribution in [-0.2, 0) is 6.42 Å². The summed E-state index contributed by atoms with van der Waals surface area (Å²) < 4.78 is 0. The normalized spacial score (nSPS) is 21.0. The number of rotatable bonds is 3. The maximum absolute atomic E-state index is 3.49. The van der Waals surface area contributed by atoms with Crippen LogP contribution in [0.2, 0.25) is 0 Å². The molecule has 1 N–H and O–H groups in total. The minimum Gasteiger partial charge on any atom is -0.316 e. The fourth-order valence-electron chi connectivity index (χ4n) is 2.43. The van der Waals surface area contributed by atoms with Crippen molar-refractivity contribution in [1.29, 1.82) is 0 Å². The Morgan fingerprint density at radius 1 is 1.44 bits per heavy atom. The average molecular weight is 235 g/mol. The van der Waals surface area contributed by atoms with E-state index in [1.54, 1.807) is 0 Å². The molecule has 1 aromatic rings. The molecule has 0 spiro atoms. The van der Waals surface area contributed by atoms with Gasteiger partial charge in [-0.2, -0.15) is 0 Å². The van der Waals surface area contributed by atoms with E-state index in [1.165, 1.54) is 48.4 Å². The van der Waals surface area contributed by atoms with Crippen molar-refractivity contribution in [1.82, 2.24) is 5.32 Å². The number of benzene rings is 1. The zero-order valence-corrected chi connectivity index (χ0v) is 11.1. The zero-order valence-electron chi connectivity index (χ0n) is 10.3. The maximum atomic E-state index is 3.49. The van der Waals surface area contributed by atoms with Crippen molar-refractivity contribution in [2.75, 3.05) is 19.3 Å². The molecule has 0 aromatic heterocycles. The summed E-state index contributed by atoms with van der Waals surface area (Å²) in [5.41, 5.74) is 2.99. The highest BCUT2D eigenvalue weighted by atomic mass is 32.2. The molecular formula is C14H21NS. The van der Waals surface area contributed by atoms with E-state index in [-0.39, 0.29) is 0 Å². The first-order valence-electron chi connectivity index (χ1n) is 6.14. The summed E-state index contributed by atoms with van der Waals surface area (Å²) >= 11 is 1.83. The van der Waals surface area contributed by atoms with Gasteiger partial charge in [-0.05, 0) is 74.7 Å². The molecule has 0 aliphatic carbocycles. The van der Waals surface area contributed by atoms with E-state index >= 15 is 0 Å². The van der Waals surface area contributed by atoms with Gasteiger partial charge in [-0.3, -0.25) is 0 Å². The second-order valence-electron chi connectivity index (χ2n) is 4.71. The highest BCUT2D eigenvalue weighted by Crippen LogP contribution is 2.23. The molecule has 1 aliphatic rings. The number of hydrogen-bond acceptors (Lipinski definition) is 2. The molecule has 1 heterocycles. The van der Waals surface area contributed by atoms with Crippen molar-refractivity contribution in [2.45, 2.75) is 31.1 Å². The average Bonchev–Trinajstić information content (AvgIpc) is 2.33. The highest BCUT2D eigenvalue weighted by Gasteiger charge is 2.14. The minimum atomic E-state index is 0.840. The molecule has 1 unspecified atom stereocenters. The van der Waals surface area contributed by atoms with Gasteiger partial charge in [0.1, 0.15) is 0 Å². The molecule has 0 saturated carbocycles.